The summed E-state index contributed by atoms with van der Waals surface area (Å²) in [5.74, 6) is -0.437. The van der Waals surface area contributed by atoms with Gasteiger partial charge in [-0.15, -0.1) is 0 Å². The van der Waals surface area contributed by atoms with Crippen LogP contribution >= 0.6 is 11.6 Å². The van der Waals surface area contributed by atoms with Crippen LogP contribution in [0, 0.1) is 0 Å². The molecule has 0 saturated carbocycles. The van der Waals surface area contributed by atoms with Crippen LogP contribution in [-0.4, -0.2) is 16.8 Å². The summed E-state index contributed by atoms with van der Waals surface area (Å²) in [5.41, 5.74) is 2.87. The number of hydrogen-bond acceptors (Lipinski definition) is 3. The second kappa shape index (κ2) is 9.48. The van der Waals surface area contributed by atoms with Gasteiger partial charge in [0.05, 0.1) is 5.56 Å². The van der Waals surface area contributed by atoms with E-state index < -0.39 is 0 Å². The van der Waals surface area contributed by atoms with E-state index >= 15 is 0 Å². The Balaban J connectivity index is 1.52. The molecule has 2 amide bonds. The fraction of sp³-hybridized carbons (Fsp3) is 0.0455. The second-order valence-electron chi connectivity index (χ2n) is 5.97. The van der Waals surface area contributed by atoms with Crippen molar-refractivity contribution in [3.05, 3.63) is 101 Å². The van der Waals surface area contributed by atoms with Gasteiger partial charge in [0.1, 0.15) is 0 Å². The Labute approximate surface area is 168 Å². The van der Waals surface area contributed by atoms with Crippen molar-refractivity contribution in [2.75, 3.05) is 5.32 Å². The highest BCUT2D eigenvalue weighted by molar-refractivity contribution is 6.32. The van der Waals surface area contributed by atoms with Crippen molar-refractivity contribution < 1.29 is 9.59 Å². The summed E-state index contributed by atoms with van der Waals surface area (Å²) in [7, 11) is 0. The van der Waals surface area contributed by atoms with E-state index in [9.17, 15) is 9.59 Å². The predicted molar refractivity (Wildman–Crippen MR) is 111 cm³/mol. The largest absolute Gasteiger partial charge is 0.348 e. The summed E-state index contributed by atoms with van der Waals surface area (Å²) in [6.45, 7) is 0.383. The molecule has 5 nitrogen and oxygen atoms in total. The molecule has 1 aromatic heterocycles. The number of halogens is 1. The average Bonchev–Trinajstić information content (AvgIpc) is 2.73. The molecule has 0 aliphatic carbocycles. The van der Waals surface area contributed by atoms with Gasteiger partial charge >= 0.3 is 0 Å². The van der Waals surface area contributed by atoms with Gasteiger partial charge in [0.25, 0.3) is 5.91 Å². The Kier molecular flexibility index (Phi) is 6.54. The number of benzene rings is 2. The Morgan fingerprint density at radius 3 is 2.50 bits per heavy atom. The monoisotopic (exact) mass is 391 g/mol. The first kappa shape index (κ1) is 19.3. The molecule has 0 saturated heterocycles. The van der Waals surface area contributed by atoms with Crippen LogP contribution in [-0.2, 0) is 11.3 Å². The summed E-state index contributed by atoms with van der Waals surface area (Å²) in [5, 5.41) is 6.20. The number of rotatable bonds is 6. The van der Waals surface area contributed by atoms with Gasteiger partial charge in [0.2, 0.25) is 5.91 Å². The van der Waals surface area contributed by atoms with Crippen LogP contribution in [0.25, 0.3) is 6.08 Å². The third-order valence-corrected chi connectivity index (χ3v) is 4.26. The van der Waals surface area contributed by atoms with Crippen molar-refractivity contribution in [3.8, 4) is 0 Å². The summed E-state index contributed by atoms with van der Waals surface area (Å²) in [6.07, 6.45) is 6.24. The number of aromatic nitrogens is 1. The van der Waals surface area contributed by atoms with Crippen LogP contribution < -0.4 is 10.6 Å². The first-order chi connectivity index (χ1) is 13.6. The lowest BCUT2D eigenvalue weighted by Gasteiger charge is -2.07. The molecule has 0 bridgehead atoms. The van der Waals surface area contributed by atoms with Gasteiger partial charge in [-0.2, -0.15) is 0 Å². The van der Waals surface area contributed by atoms with E-state index in [0.29, 0.717) is 22.8 Å². The molecule has 6 heteroatoms. The fourth-order valence-electron chi connectivity index (χ4n) is 2.45. The standard InChI is InChI=1S/C22H18ClN3O2/c23-20-6-2-1-4-17(20)9-12-21(27)26-19-10-7-16(8-11-19)14-25-22(28)18-5-3-13-24-15-18/h1-13,15H,14H2,(H,25,28)(H,26,27)/b12-9+. The zero-order chi connectivity index (χ0) is 19.8. The molecule has 0 atom stereocenters. The highest BCUT2D eigenvalue weighted by Crippen LogP contribution is 2.16. The molecule has 140 valence electrons. The minimum Gasteiger partial charge on any atom is -0.348 e. The van der Waals surface area contributed by atoms with Crippen LogP contribution in [0.3, 0.4) is 0 Å². The normalized spacial score (nSPS) is 10.6. The number of anilines is 1. The molecule has 1 heterocycles. The van der Waals surface area contributed by atoms with Gasteiger partial charge in [-0.1, -0.05) is 41.9 Å². The molecule has 28 heavy (non-hydrogen) atoms. The molecular weight excluding hydrogens is 374 g/mol. The Bertz CT molecular complexity index is 986. The third kappa shape index (κ3) is 5.53. The SMILES string of the molecule is O=C(/C=C/c1ccccc1Cl)Nc1ccc(CNC(=O)c2cccnc2)cc1. The van der Waals surface area contributed by atoms with Crippen LogP contribution in [0.1, 0.15) is 21.5 Å². The van der Waals surface area contributed by atoms with Crippen molar-refractivity contribution in [2.45, 2.75) is 6.54 Å². The van der Waals surface area contributed by atoms with Crippen molar-refractivity contribution in [1.29, 1.82) is 0 Å². The summed E-state index contributed by atoms with van der Waals surface area (Å²) < 4.78 is 0. The van der Waals surface area contributed by atoms with Crippen LogP contribution in [0.2, 0.25) is 5.02 Å². The Hall–Kier alpha value is -3.44. The number of nitrogens with zero attached hydrogens (tertiary/aromatic N) is 1. The molecule has 3 aromatic rings. The van der Waals surface area contributed by atoms with Crippen molar-refractivity contribution in [1.82, 2.24) is 10.3 Å². The molecule has 2 N–H and O–H groups in total. The molecule has 0 fully saturated rings. The van der Waals surface area contributed by atoms with E-state index in [-0.39, 0.29) is 11.8 Å². The number of hydrogen-bond donors (Lipinski definition) is 2. The summed E-state index contributed by atoms with van der Waals surface area (Å²) >= 11 is 6.06. The minimum atomic E-state index is -0.252. The van der Waals surface area contributed by atoms with Crippen LogP contribution in [0.4, 0.5) is 5.69 Å². The fourth-order valence-corrected chi connectivity index (χ4v) is 2.65. The van der Waals surface area contributed by atoms with Gasteiger partial charge in [0.15, 0.2) is 0 Å². The molecule has 3 rings (SSSR count). The van der Waals surface area contributed by atoms with Crippen molar-refractivity contribution in [3.63, 3.8) is 0 Å². The first-order valence-electron chi connectivity index (χ1n) is 8.62. The van der Waals surface area contributed by atoms with Gasteiger partial charge in [-0.05, 0) is 47.5 Å². The maximum atomic E-state index is 12.0. The maximum Gasteiger partial charge on any atom is 0.253 e. The van der Waals surface area contributed by atoms with E-state index in [0.717, 1.165) is 11.1 Å². The number of amides is 2. The number of nitrogens with one attached hydrogen (secondary N) is 2. The van der Waals surface area contributed by atoms with Gasteiger partial charge in [-0.3, -0.25) is 14.6 Å². The smallest absolute Gasteiger partial charge is 0.253 e. The lowest BCUT2D eigenvalue weighted by atomic mass is 10.2. The Morgan fingerprint density at radius 1 is 1.00 bits per heavy atom. The lowest BCUT2D eigenvalue weighted by Crippen LogP contribution is -2.22. The van der Waals surface area contributed by atoms with E-state index in [1.165, 1.54) is 12.3 Å². The molecule has 0 spiro atoms. The molecular formula is C22H18ClN3O2. The minimum absolute atomic E-state index is 0.185. The highest BCUT2D eigenvalue weighted by atomic mass is 35.5. The molecule has 2 aromatic carbocycles. The number of pyridine rings is 1. The lowest BCUT2D eigenvalue weighted by molar-refractivity contribution is -0.111. The van der Waals surface area contributed by atoms with E-state index in [4.69, 9.17) is 11.6 Å². The van der Waals surface area contributed by atoms with E-state index in [1.807, 2.05) is 30.3 Å². The van der Waals surface area contributed by atoms with Crippen molar-refractivity contribution >= 4 is 35.2 Å². The first-order valence-corrected chi connectivity index (χ1v) is 9.00. The van der Waals surface area contributed by atoms with Gasteiger partial charge in [-0.25, -0.2) is 0 Å². The van der Waals surface area contributed by atoms with E-state index in [1.54, 1.807) is 42.6 Å². The summed E-state index contributed by atoms with van der Waals surface area (Å²) in [6, 6.07) is 18.0. The topological polar surface area (TPSA) is 71.1 Å². The van der Waals surface area contributed by atoms with Crippen LogP contribution in [0.15, 0.2) is 79.1 Å². The highest BCUT2D eigenvalue weighted by Gasteiger charge is 2.05. The zero-order valence-corrected chi connectivity index (χ0v) is 15.7. The molecule has 0 aliphatic heterocycles. The molecule has 0 radical (unpaired) electrons. The summed E-state index contributed by atoms with van der Waals surface area (Å²) in [4.78, 5) is 28.0. The number of carbonyl (C=O) groups excluding carboxylic acids is 2. The quantitative estimate of drug-likeness (QED) is 0.615. The van der Waals surface area contributed by atoms with Crippen molar-refractivity contribution in [2.24, 2.45) is 0 Å². The zero-order valence-electron chi connectivity index (χ0n) is 14.9. The van der Waals surface area contributed by atoms with Gasteiger partial charge in [0, 0.05) is 35.7 Å². The van der Waals surface area contributed by atoms with Gasteiger partial charge < -0.3 is 10.6 Å². The number of carbonyl (C=O) groups is 2. The predicted octanol–water partition coefficient (Wildman–Crippen LogP) is 4.32. The van der Waals surface area contributed by atoms with Crippen LogP contribution in [0.5, 0.6) is 0 Å². The maximum absolute atomic E-state index is 12.0. The average molecular weight is 392 g/mol. The molecule has 0 unspecified atom stereocenters. The third-order valence-electron chi connectivity index (χ3n) is 3.92. The second-order valence-corrected chi connectivity index (χ2v) is 6.37. The van der Waals surface area contributed by atoms with E-state index in [2.05, 4.69) is 15.6 Å². The molecule has 0 aliphatic rings. The Morgan fingerprint density at radius 2 is 1.79 bits per heavy atom.